The van der Waals surface area contributed by atoms with E-state index in [1.807, 2.05) is 6.92 Å². The van der Waals surface area contributed by atoms with Crippen molar-refractivity contribution in [3.8, 4) is 0 Å². The Morgan fingerprint density at radius 2 is 1.71 bits per heavy atom. The van der Waals surface area contributed by atoms with E-state index in [9.17, 15) is 4.79 Å². The molecule has 2 heteroatoms. The van der Waals surface area contributed by atoms with Crippen LogP contribution in [0, 0.1) is 5.41 Å². The summed E-state index contributed by atoms with van der Waals surface area (Å²) in [4.78, 5) is 11.3. The van der Waals surface area contributed by atoms with E-state index in [4.69, 9.17) is 0 Å². The smallest absolute Gasteiger partial charge is 0.244 e. The first kappa shape index (κ1) is 13.2. The van der Waals surface area contributed by atoms with Gasteiger partial charge in [-0.2, -0.15) is 0 Å². The van der Waals surface area contributed by atoms with Crippen LogP contribution in [0.25, 0.3) is 0 Å². The monoisotopic (exact) mass is 197 g/mol. The fourth-order valence-electron chi connectivity index (χ4n) is 1.90. The molecule has 0 aromatic rings. The summed E-state index contributed by atoms with van der Waals surface area (Å²) in [5.74, 6) is -0.0123. The van der Waals surface area contributed by atoms with E-state index in [0.29, 0.717) is 0 Å². The number of amides is 1. The van der Waals surface area contributed by atoms with Crippen LogP contribution in [0.4, 0.5) is 0 Å². The predicted octanol–water partition coefficient (Wildman–Crippen LogP) is 2.89. The first-order valence-electron chi connectivity index (χ1n) is 5.11. The Morgan fingerprint density at radius 1 is 1.21 bits per heavy atom. The van der Waals surface area contributed by atoms with E-state index >= 15 is 0 Å². The lowest BCUT2D eigenvalue weighted by Crippen LogP contribution is -2.45. The minimum absolute atomic E-state index is 0.0123. The van der Waals surface area contributed by atoms with Crippen molar-refractivity contribution in [3.63, 3.8) is 0 Å². The lowest BCUT2D eigenvalue weighted by Gasteiger charge is -2.32. The van der Waals surface area contributed by atoms with Gasteiger partial charge in [-0.15, -0.1) is 0 Å². The zero-order valence-corrected chi connectivity index (χ0v) is 10.3. The second-order valence-corrected chi connectivity index (χ2v) is 5.61. The molecule has 0 unspecified atom stereocenters. The highest BCUT2D eigenvalue weighted by molar-refractivity contribution is 5.87. The van der Waals surface area contributed by atoms with Crippen LogP contribution in [0.5, 0.6) is 0 Å². The molecule has 0 bridgehead atoms. The van der Waals surface area contributed by atoms with Crippen molar-refractivity contribution < 1.29 is 4.79 Å². The Morgan fingerprint density at radius 3 is 2.07 bits per heavy atom. The minimum atomic E-state index is -0.144. The summed E-state index contributed by atoms with van der Waals surface area (Å²) in [7, 11) is 0. The van der Waals surface area contributed by atoms with Gasteiger partial charge in [0.05, 0.1) is 0 Å². The van der Waals surface area contributed by atoms with E-state index in [-0.39, 0.29) is 16.9 Å². The number of hydrogen-bond acceptors (Lipinski definition) is 1. The average Bonchev–Trinajstić information content (AvgIpc) is 1.78. The van der Waals surface area contributed by atoms with Gasteiger partial charge in [0, 0.05) is 5.54 Å². The standard InChI is InChI=1S/C12H23NO/c1-7-8-10(14)13-12(5,6)9-11(2,3)4/h7-8H,9H2,1-6H3,(H,13,14). The van der Waals surface area contributed by atoms with E-state index in [1.165, 1.54) is 0 Å². The van der Waals surface area contributed by atoms with Crippen LogP contribution in [-0.2, 0) is 4.79 Å². The van der Waals surface area contributed by atoms with E-state index in [1.54, 1.807) is 12.2 Å². The number of rotatable bonds is 3. The fourth-order valence-corrected chi connectivity index (χ4v) is 1.90. The van der Waals surface area contributed by atoms with Gasteiger partial charge in [-0.1, -0.05) is 26.8 Å². The summed E-state index contributed by atoms with van der Waals surface area (Å²) in [6.07, 6.45) is 4.27. The highest BCUT2D eigenvalue weighted by Gasteiger charge is 2.26. The maximum absolute atomic E-state index is 11.3. The molecule has 0 aromatic carbocycles. The number of carbonyl (C=O) groups excluding carboxylic acids is 1. The molecule has 0 saturated heterocycles. The number of allylic oxidation sites excluding steroid dienone is 1. The molecule has 0 heterocycles. The van der Waals surface area contributed by atoms with E-state index in [2.05, 4.69) is 39.9 Å². The van der Waals surface area contributed by atoms with Crippen molar-refractivity contribution in [2.75, 3.05) is 0 Å². The third-order valence-corrected chi connectivity index (χ3v) is 1.75. The van der Waals surface area contributed by atoms with Gasteiger partial charge in [-0.25, -0.2) is 0 Å². The predicted molar refractivity (Wildman–Crippen MR) is 61.1 cm³/mol. The van der Waals surface area contributed by atoms with Gasteiger partial charge in [0.1, 0.15) is 0 Å². The largest absolute Gasteiger partial charge is 0.348 e. The summed E-state index contributed by atoms with van der Waals surface area (Å²) in [5.41, 5.74) is 0.0849. The summed E-state index contributed by atoms with van der Waals surface area (Å²) in [6, 6.07) is 0. The Hall–Kier alpha value is -0.790. The van der Waals surface area contributed by atoms with Gasteiger partial charge in [-0.3, -0.25) is 4.79 Å². The molecule has 0 atom stereocenters. The molecule has 2 nitrogen and oxygen atoms in total. The Kier molecular flexibility index (Phi) is 4.37. The van der Waals surface area contributed by atoms with Crippen LogP contribution in [-0.4, -0.2) is 11.4 Å². The number of hydrogen-bond donors (Lipinski definition) is 1. The Balaban J connectivity index is 4.27. The highest BCUT2D eigenvalue weighted by Crippen LogP contribution is 2.26. The zero-order chi connectivity index (χ0) is 11.4. The second kappa shape index (κ2) is 4.63. The molecular weight excluding hydrogens is 174 g/mol. The average molecular weight is 197 g/mol. The maximum atomic E-state index is 11.3. The molecule has 1 amide bonds. The molecular formula is C12H23NO. The summed E-state index contributed by atoms with van der Waals surface area (Å²) < 4.78 is 0. The van der Waals surface area contributed by atoms with Crippen molar-refractivity contribution in [3.05, 3.63) is 12.2 Å². The maximum Gasteiger partial charge on any atom is 0.244 e. The van der Waals surface area contributed by atoms with Crippen molar-refractivity contribution >= 4 is 5.91 Å². The Bertz CT molecular complexity index is 221. The molecule has 0 spiro atoms. The number of carbonyl (C=O) groups is 1. The highest BCUT2D eigenvalue weighted by atomic mass is 16.1. The van der Waals surface area contributed by atoms with Crippen LogP contribution in [0.1, 0.15) is 48.0 Å². The van der Waals surface area contributed by atoms with Gasteiger partial charge in [-0.05, 0) is 38.7 Å². The molecule has 0 saturated carbocycles. The van der Waals surface area contributed by atoms with Crippen molar-refractivity contribution in [2.45, 2.75) is 53.5 Å². The Labute approximate surface area is 87.8 Å². The van der Waals surface area contributed by atoms with Crippen LogP contribution >= 0.6 is 0 Å². The van der Waals surface area contributed by atoms with Crippen LogP contribution < -0.4 is 5.32 Å². The van der Waals surface area contributed by atoms with Crippen LogP contribution in [0.2, 0.25) is 0 Å². The van der Waals surface area contributed by atoms with Gasteiger partial charge < -0.3 is 5.32 Å². The summed E-state index contributed by atoms with van der Waals surface area (Å²) in [5, 5.41) is 2.99. The molecule has 82 valence electrons. The quantitative estimate of drug-likeness (QED) is 0.692. The van der Waals surface area contributed by atoms with Crippen molar-refractivity contribution in [2.24, 2.45) is 5.41 Å². The van der Waals surface area contributed by atoms with Crippen molar-refractivity contribution in [1.82, 2.24) is 5.32 Å². The summed E-state index contributed by atoms with van der Waals surface area (Å²) in [6.45, 7) is 12.5. The molecule has 0 fully saturated rings. The molecule has 14 heavy (non-hydrogen) atoms. The minimum Gasteiger partial charge on any atom is -0.348 e. The van der Waals surface area contributed by atoms with Gasteiger partial charge in [0.2, 0.25) is 5.91 Å². The normalized spacial score (nSPS) is 13.3. The SMILES string of the molecule is CC=CC(=O)NC(C)(C)CC(C)(C)C. The molecule has 0 aliphatic heterocycles. The van der Waals surface area contributed by atoms with Gasteiger partial charge in [0.15, 0.2) is 0 Å². The van der Waals surface area contributed by atoms with Crippen molar-refractivity contribution in [1.29, 1.82) is 0 Å². The van der Waals surface area contributed by atoms with Crippen LogP contribution in [0.15, 0.2) is 12.2 Å². The molecule has 0 aliphatic rings. The molecule has 1 N–H and O–H groups in total. The van der Waals surface area contributed by atoms with E-state index in [0.717, 1.165) is 6.42 Å². The molecule has 0 radical (unpaired) electrons. The topological polar surface area (TPSA) is 29.1 Å². The second-order valence-electron chi connectivity index (χ2n) is 5.61. The molecule has 0 aliphatic carbocycles. The lowest BCUT2D eigenvalue weighted by atomic mass is 9.82. The summed E-state index contributed by atoms with van der Waals surface area (Å²) >= 11 is 0. The zero-order valence-electron chi connectivity index (χ0n) is 10.3. The third-order valence-electron chi connectivity index (χ3n) is 1.75. The molecule has 0 aromatic heterocycles. The first-order valence-corrected chi connectivity index (χ1v) is 5.11. The molecule has 0 rings (SSSR count). The van der Waals surface area contributed by atoms with Gasteiger partial charge in [0.25, 0.3) is 0 Å². The van der Waals surface area contributed by atoms with E-state index < -0.39 is 0 Å². The van der Waals surface area contributed by atoms with Crippen LogP contribution in [0.3, 0.4) is 0 Å². The fraction of sp³-hybridized carbons (Fsp3) is 0.750. The third kappa shape index (κ3) is 6.70. The number of nitrogens with one attached hydrogen (secondary N) is 1. The lowest BCUT2D eigenvalue weighted by molar-refractivity contribution is -0.118. The first-order chi connectivity index (χ1) is 6.16. The van der Waals surface area contributed by atoms with Gasteiger partial charge >= 0.3 is 0 Å².